The molecule has 4 aliphatic rings. The van der Waals surface area contributed by atoms with E-state index in [4.69, 9.17) is 0 Å². The summed E-state index contributed by atoms with van der Waals surface area (Å²) in [5.41, 5.74) is 0.548. The molecule has 1 aromatic rings. The molecule has 3 heteroatoms. The van der Waals surface area contributed by atoms with Crippen molar-refractivity contribution >= 4 is 11.6 Å². The Hall–Kier alpha value is -1.51. The number of rotatable bonds is 2. The average molecular weight is 271 g/mol. The van der Waals surface area contributed by atoms with Crippen molar-refractivity contribution in [1.29, 1.82) is 0 Å². The first-order valence-electron chi connectivity index (χ1n) is 7.79. The van der Waals surface area contributed by atoms with Crippen LogP contribution in [0, 0.1) is 29.6 Å². The second-order valence-corrected chi connectivity index (χ2v) is 6.96. The molecule has 2 N–H and O–H groups in total. The number of phenols is 1. The van der Waals surface area contributed by atoms with Crippen LogP contribution < -0.4 is 5.32 Å². The summed E-state index contributed by atoms with van der Waals surface area (Å²) in [5, 5.41) is 12.7. The van der Waals surface area contributed by atoms with Gasteiger partial charge >= 0.3 is 0 Å². The molecular weight excluding hydrogens is 250 g/mol. The molecule has 5 rings (SSSR count). The van der Waals surface area contributed by atoms with Crippen molar-refractivity contribution in [3.8, 4) is 5.75 Å². The third-order valence-corrected chi connectivity index (χ3v) is 5.69. The number of hydrogen-bond donors (Lipinski definition) is 2. The summed E-state index contributed by atoms with van der Waals surface area (Å²) in [5.74, 6) is 3.37. The summed E-state index contributed by atoms with van der Waals surface area (Å²) in [6, 6.07) is 7.00. The van der Waals surface area contributed by atoms with E-state index in [1.807, 2.05) is 6.07 Å². The van der Waals surface area contributed by atoms with Crippen molar-refractivity contribution in [2.24, 2.45) is 29.6 Å². The van der Waals surface area contributed by atoms with E-state index in [1.165, 1.54) is 32.1 Å². The summed E-state index contributed by atoms with van der Waals surface area (Å²) in [6.07, 6.45) is 6.37. The molecule has 106 valence electrons. The van der Waals surface area contributed by atoms with Gasteiger partial charge in [0, 0.05) is 5.92 Å². The van der Waals surface area contributed by atoms with E-state index in [9.17, 15) is 9.90 Å². The molecule has 3 nitrogen and oxygen atoms in total. The van der Waals surface area contributed by atoms with E-state index >= 15 is 0 Å². The van der Waals surface area contributed by atoms with Gasteiger partial charge in [-0.05, 0) is 67.9 Å². The first-order chi connectivity index (χ1) is 9.70. The number of phenolic OH excluding ortho intramolecular Hbond substituents is 1. The van der Waals surface area contributed by atoms with Crippen LogP contribution >= 0.6 is 0 Å². The fraction of sp³-hybridized carbons (Fsp3) is 0.588. The molecule has 0 heterocycles. The van der Waals surface area contributed by atoms with Gasteiger partial charge in [-0.25, -0.2) is 0 Å². The molecule has 0 spiro atoms. The standard InChI is InChI=1S/C17H21NO2/c19-15-4-2-1-3-14(15)18-17(20)16-12-6-10-5-11(8-12)9-13(16)7-10/h1-4,10-13,16,19H,5-9H2,(H,18,20). The number of nitrogens with one attached hydrogen (secondary N) is 1. The highest BCUT2D eigenvalue weighted by atomic mass is 16.3. The zero-order valence-electron chi connectivity index (χ0n) is 11.6. The van der Waals surface area contributed by atoms with Crippen molar-refractivity contribution in [1.82, 2.24) is 0 Å². The van der Waals surface area contributed by atoms with E-state index in [-0.39, 0.29) is 17.6 Å². The van der Waals surface area contributed by atoms with Crippen LogP contribution in [0.25, 0.3) is 0 Å². The van der Waals surface area contributed by atoms with E-state index in [2.05, 4.69) is 5.32 Å². The second-order valence-electron chi connectivity index (χ2n) is 6.96. The van der Waals surface area contributed by atoms with Crippen molar-refractivity contribution in [2.45, 2.75) is 32.1 Å². The van der Waals surface area contributed by atoms with Crippen LogP contribution in [0.2, 0.25) is 0 Å². The Labute approximate surface area is 119 Å². The lowest BCUT2D eigenvalue weighted by Crippen LogP contribution is -2.49. The fourth-order valence-corrected chi connectivity index (χ4v) is 5.15. The smallest absolute Gasteiger partial charge is 0.228 e. The van der Waals surface area contributed by atoms with Gasteiger partial charge in [-0.2, -0.15) is 0 Å². The highest BCUT2D eigenvalue weighted by Gasteiger charge is 2.50. The normalized spacial score (nSPS) is 37.9. The number of benzene rings is 1. The van der Waals surface area contributed by atoms with Crippen LogP contribution in [0.15, 0.2) is 24.3 Å². The minimum Gasteiger partial charge on any atom is -0.506 e. The molecule has 0 saturated heterocycles. The highest BCUT2D eigenvalue weighted by Crippen LogP contribution is 2.56. The summed E-state index contributed by atoms with van der Waals surface area (Å²) < 4.78 is 0. The van der Waals surface area contributed by atoms with Crippen molar-refractivity contribution in [2.75, 3.05) is 5.32 Å². The molecule has 20 heavy (non-hydrogen) atoms. The van der Waals surface area contributed by atoms with Gasteiger partial charge < -0.3 is 10.4 Å². The van der Waals surface area contributed by atoms with Gasteiger partial charge in [0.15, 0.2) is 0 Å². The molecule has 4 saturated carbocycles. The van der Waals surface area contributed by atoms with Gasteiger partial charge in [0.2, 0.25) is 5.91 Å². The van der Waals surface area contributed by atoms with E-state index in [1.54, 1.807) is 18.2 Å². The predicted octanol–water partition coefficient (Wildman–Crippen LogP) is 3.40. The number of anilines is 1. The Balaban J connectivity index is 1.53. The van der Waals surface area contributed by atoms with Crippen molar-refractivity contribution < 1.29 is 9.90 Å². The Kier molecular flexibility index (Phi) is 2.76. The average Bonchev–Trinajstić information content (AvgIpc) is 2.40. The minimum absolute atomic E-state index is 0.125. The lowest BCUT2D eigenvalue weighted by atomic mass is 9.51. The van der Waals surface area contributed by atoms with Gasteiger partial charge in [0.1, 0.15) is 5.75 Å². The van der Waals surface area contributed by atoms with Crippen molar-refractivity contribution in [3.63, 3.8) is 0 Å². The van der Waals surface area contributed by atoms with Crippen LogP contribution in [-0.4, -0.2) is 11.0 Å². The maximum Gasteiger partial charge on any atom is 0.228 e. The van der Waals surface area contributed by atoms with Crippen LogP contribution in [0.5, 0.6) is 5.75 Å². The van der Waals surface area contributed by atoms with E-state index in [0.29, 0.717) is 17.5 Å². The maximum absolute atomic E-state index is 12.6. The van der Waals surface area contributed by atoms with Crippen LogP contribution in [-0.2, 0) is 4.79 Å². The number of hydrogen-bond acceptors (Lipinski definition) is 2. The third-order valence-electron chi connectivity index (χ3n) is 5.69. The SMILES string of the molecule is O=C(Nc1ccccc1O)C1C2CC3CC(C2)CC1C3. The largest absolute Gasteiger partial charge is 0.506 e. The third kappa shape index (κ3) is 1.91. The summed E-state index contributed by atoms with van der Waals surface area (Å²) in [4.78, 5) is 12.6. The molecule has 1 aromatic carbocycles. The van der Waals surface area contributed by atoms with Crippen LogP contribution in [0.4, 0.5) is 5.69 Å². The quantitative estimate of drug-likeness (QED) is 0.810. The number of carbonyl (C=O) groups is 1. The molecule has 0 unspecified atom stereocenters. The minimum atomic E-state index is 0.125. The van der Waals surface area contributed by atoms with E-state index in [0.717, 1.165) is 11.8 Å². The number of amides is 1. The van der Waals surface area contributed by atoms with Gasteiger partial charge in [0.05, 0.1) is 5.69 Å². The predicted molar refractivity (Wildman–Crippen MR) is 77.3 cm³/mol. The topological polar surface area (TPSA) is 49.3 Å². The molecule has 0 atom stereocenters. The number of carbonyl (C=O) groups excluding carboxylic acids is 1. The van der Waals surface area contributed by atoms with Crippen molar-refractivity contribution in [3.05, 3.63) is 24.3 Å². The lowest BCUT2D eigenvalue weighted by Gasteiger charge is -2.53. The summed E-state index contributed by atoms with van der Waals surface area (Å²) in [7, 11) is 0. The zero-order valence-corrected chi connectivity index (χ0v) is 11.6. The van der Waals surface area contributed by atoms with E-state index < -0.39 is 0 Å². The summed E-state index contributed by atoms with van der Waals surface area (Å²) in [6.45, 7) is 0. The Morgan fingerprint density at radius 1 is 1.00 bits per heavy atom. The maximum atomic E-state index is 12.6. The van der Waals surface area contributed by atoms with Gasteiger partial charge in [-0.3, -0.25) is 4.79 Å². The molecule has 4 fully saturated rings. The van der Waals surface area contributed by atoms with Gasteiger partial charge in [-0.15, -0.1) is 0 Å². The molecule has 0 aromatic heterocycles. The molecular formula is C17H21NO2. The second kappa shape index (κ2) is 4.51. The molecule has 0 radical (unpaired) electrons. The zero-order chi connectivity index (χ0) is 13.7. The lowest BCUT2D eigenvalue weighted by molar-refractivity contribution is -0.132. The van der Waals surface area contributed by atoms with Gasteiger partial charge in [-0.1, -0.05) is 12.1 Å². The Bertz CT molecular complexity index is 512. The Morgan fingerprint density at radius 3 is 2.20 bits per heavy atom. The summed E-state index contributed by atoms with van der Waals surface area (Å²) >= 11 is 0. The highest BCUT2D eigenvalue weighted by molar-refractivity contribution is 5.94. The number of para-hydroxylation sites is 2. The monoisotopic (exact) mass is 271 g/mol. The van der Waals surface area contributed by atoms with Crippen LogP contribution in [0.3, 0.4) is 0 Å². The first-order valence-corrected chi connectivity index (χ1v) is 7.79. The molecule has 1 amide bonds. The number of aromatic hydroxyl groups is 1. The molecule has 4 bridgehead atoms. The molecule has 4 aliphatic carbocycles. The van der Waals surface area contributed by atoms with Gasteiger partial charge in [0.25, 0.3) is 0 Å². The molecule has 0 aliphatic heterocycles. The Morgan fingerprint density at radius 2 is 1.60 bits per heavy atom. The van der Waals surface area contributed by atoms with Crippen LogP contribution in [0.1, 0.15) is 32.1 Å². The fourth-order valence-electron chi connectivity index (χ4n) is 5.15. The first kappa shape index (κ1) is 12.2.